The molecule has 1 aromatic carbocycles. The number of benzene rings is 1. The van der Waals surface area contributed by atoms with E-state index in [1.807, 2.05) is 11.3 Å². The summed E-state index contributed by atoms with van der Waals surface area (Å²) in [6.07, 6.45) is 0. The van der Waals surface area contributed by atoms with Gasteiger partial charge in [0.25, 0.3) is 0 Å². The summed E-state index contributed by atoms with van der Waals surface area (Å²) >= 11 is 4.22. The standard InChI is InChI=1S/C17H22INS/c1-6-19-17(14-8-15(18)20-9-14)16-12(4)10(2)7-11(3)13(16)5/h7-9,17,19H,6H2,1-5H3. The van der Waals surface area contributed by atoms with Gasteiger partial charge in [-0.2, -0.15) is 0 Å². The van der Waals surface area contributed by atoms with Crippen LogP contribution in [-0.4, -0.2) is 6.54 Å². The number of nitrogens with one attached hydrogen (secondary N) is 1. The van der Waals surface area contributed by atoms with E-state index in [2.05, 4.69) is 80.0 Å². The summed E-state index contributed by atoms with van der Waals surface area (Å²) in [4.78, 5) is 0. The first kappa shape index (κ1) is 16.0. The van der Waals surface area contributed by atoms with Crippen molar-refractivity contribution in [2.75, 3.05) is 6.54 Å². The molecule has 2 aromatic rings. The minimum atomic E-state index is 0.304. The molecule has 1 N–H and O–H groups in total. The van der Waals surface area contributed by atoms with Crippen molar-refractivity contribution in [1.82, 2.24) is 5.32 Å². The third-order valence-corrected chi connectivity index (χ3v) is 5.85. The molecular formula is C17H22INS. The Labute approximate surface area is 139 Å². The smallest absolute Gasteiger partial charge is 0.0656 e. The van der Waals surface area contributed by atoms with E-state index < -0.39 is 0 Å². The molecule has 1 atom stereocenters. The fourth-order valence-electron chi connectivity index (χ4n) is 2.75. The van der Waals surface area contributed by atoms with Gasteiger partial charge in [0, 0.05) is 0 Å². The molecule has 3 heteroatoms. The maximum absolute atomic E-state index is 3.67. The average Bonchev–Trinajstić information content (AvgIpc) is 2.82. The zero-order valence-electron chi connectivity index (χ0n) is 12.8. The van der Waals surface area contributed by atoms with Crippen LogP contribution < -0.4 is 5.32 Å². The second-order valence-electron chi connectivity index (χ2n) is 5.35. The lowest BCUT2D eigenvalue weighted by Crippen LogP contribution is -2.24. The summed E-state index contributed by atoms with van der Waals surface area (Å²) in [5.74, 6) is 0. The van der Waals surface area contributed by atoms with Crippen LogP contribution in [0.25, 0.3) is 0 Å². The van der Waals surface area contributed by atoms with Gasteiger partial charge in [-0.25, -0.2) is 0 Å². The van der Waals surface area contributed by atoms with Crippen molar-refractivity contribution in [3.8, 4) is 0 Å². The first-order valence-electron chi connectivity index (χ1n) is 7.00. The van der Waals surface area contributed by atoms with Crippen LogP contribution >= 0.6 is 33.9 Å². The molecule has 0 aliphatic rings. The van der Waals surface area contributed by atoms with Gasteiger partial charge >= 0.3 is 0 Å². The van der Waals surface area contributed by atoms with Crippen LogP contribution in [0.4, 0.5) is 0 Å². The van der Waals surface area contributed by atoms with E-state index in [1.54, 1.807) is 0 Å². The van der Waals surface area contributed by atoms with Gasteiger partial charge in [0.2, 0.25) is 0 Å². The van der Waals surface area contributed by atoms with Gasteiger partial charge in [-0.1, -0.05) is 13.0 Å². The maximum Gasteiger partial charge on any atom is 0.0656 e. The Kier molecular flexibility index (Phi) is 5.26. The maximum atomic E-state index is 3.67. The van der Waals surface area contributed by atoms with E-state index in [0.717, 1.165) is 6.54 Å². The molecule has 1 heterocycles. The topological polar surface area (TPSA) is 12.0 Å². The molecule has 1 nitrogen and oxygen atoms in total. The number of hydrogen-bond donors (Lipinski definition) is 1. The summed E-state index contributed by atoms with van der Waals surface area (Å²) in [7, 11) is 0. The second-order valence-corrected chi connectivity index (χ2v) is 8.15. The van der Waals surface area contributed by atoms with Gasteiger partial charge in [0.05, 0.1) is 8.93 Å². The zero-order chi connectivity index (χ0) is 14.9. The summed E-state index contributed by atoms with van der Waals surface area (Å²) < 4.78 is 1.35. The molecule has 0 saturated heterocycles. The molecule has 0 spiro atoms. The van der Waals surface area contributed by atoms with E-state index in [4.69, 9.17) is 0 Å². The molecule has 0 saturated carbocycles. The predicted octanol–water partition coefficient (Wildman–Crippen LogP) is 5.29. The highest BCUT2D eigenvalue weighted by Crippen LogP contribution is 2.33. The molecule has 0 amide bonds. The van der Waals surface area contributed by atoms with Gasteiger partial charge in [0.1, 0.15) is 0 Å². The SMILES string of the molecule is CCNC(c1csc(I)c1)c1c(C)c(C)cc(C)c1C. The Hall–Kier alpha value is -0.390. The van der Waals surface area contributed by atoms with E-state index >= 15 is 0 Å². The number of halogens is 1. The van der Waals surface area contributed by atoms with Crippen LogP contribution in [-0.2, 0) is 0 Å². The number of rotatable bonds is 4. The fourth-order valence-corrected chi connectivity index (χ4v) is 4.14. The third-order valence-electron chi connectivity index (χ3n) is 4.04. The van der Waals surface area contributed by atoms with Crippen molar-refractivity contribution in [1.29, 1.82) is 0 Å². The lowest BCUT2D eigenvalue weighted by Gasteiger charge is -2.24. The number of aryl methyl sites for hydroxylation is 2. The highest BCUT2D eigenvalue weighted by molar-refractivity contribution is 14.1. The molecule has 0 aliphatic heterocycles. The normalized spacial score (nSPS) is 12.7. The minimum absolute atomic E-state index is 0.304. The molecule has 0 aliphatic carbocycles. The lowest BCUT2D eigenvalue weighted by molar-refractivity contribution is 0.625. The molecule has 0 fully saturated rings. The first-order valence-corrected chi connectivity index (χ1v) is 8.96. The molecule has 2 rings (SSSR count). The molecule has 108 valence electrons. The van der Waals surface area contributed by atoms with Crippen LogP contribution in [0.5, 0.6) is 0 Å². The Morgan fingerprint density at radius 2 is 1.70 bits per heavy atom. The van der Waals surface area contributed by atoms with E-state index in [0.29, 0.717) is 6.04 Å². The Bertz CT molecular complexity index is 589. The summed E-state index contributed by atoms with van der Waals surface area (Å²) in [6.45, 7) is 12.1. The Morgan fingerprint density at radius 1 is 1.10 bits per heavy atom. The lowest BCUT2D eigenvalue weighted by atomic mass is 9.87. The van der Waals surface area contributed by atoms with Crippen molar-refractivity contribution in [2.24, 2.45) is 0 Å². The number of hydrogen-bond acceptors (Lipinski definition) is 2. The van der Waals surface area contributed by atoms with Crippen LogP contribution in [0.15, 0.2) is 17.5 Å². The van der Waals surface area contributed by atoms with Gasteiger partial charge in [-0.3, -0.25) is 0 Å². The summed E-state index contributed by atoms with van der Waals surface area (Å²) in [6, 6.07) is 4.90. The highest BCUT2D eigenvalue weighted by atomic mass is 127. The van der Waals surface area contributed by atoms with Crippen LogP contribution in [0.1, 0.15) is 46.3 Å². The van der Waals surface area contributed by atoms with Crippen LogP contribution in [0.3, 0.4) is 0 Å². The first-order chi connectivity index (χ1) is 9.45. The van der Waals surface area contributed by atoms with Crippen molar-refractivity contribution in [3.63, 3.8) is 0 Å². The van der Waals surface area contributed by atoms with E-state index in [1.165, 1.54) is 36.3 Å². The molecule has 0 radical (unpaired) electrons. The number of thiophene rings is 1. The van der Waals surface area contributed by atoms with Crippen LogP contribution in [0.2, 0.25) is 0 Å². The molecule has 1 aromatic heterocycles. The van der Waals surface area contributed by atoms with Gasteiger partial charge < -0.3 is 5.32 Å². The molecular weight excluding hydrogens is 377 g/mol. The predicted molar refractivity (Wildman–Crippen MR) is 97.9 cm³/mol. The van der Waals surface area contributed by atoms with Crippen molar-refractivity contribution >= 4 is 33.9 Å². The largest absolute Gasteiger partial charge is 0.306 e. The summed E-state index contributed by atoms with van der Waals surface area (Å²) in [5, 5.41) is 5.95. The minimum Gasteiger partial charge on any atom is -0.306 e. The van der Waals surface area contributed by atoms with Gasteiger partial charge in [-0.05, 0) is 102 Å². The van der Waals surface area contributed by atoms with E-state index in [9.17, 15) is 0 Å². The average molecular weight is 399 g/mol. The monoisotopic (exact) mass is 399 g/mol. The quantitative estimate of drug-likeness (QED) is 0.690. The van der Waals surface area contributed by atoms with E-state index in [-0.39, 0.29) is 0 Å². The van der Waals surface area contributed by atoms with Crippen LogP contribution in [0, 0.1) is 30.6 Å². The molecule has 1 unspecified atom stereocenters. The van der Waals surface area contributed by atoms with Crippen molar-refractivity contribution in [3.05, 3.63) is 53.8 Å². The summed E-state index contributed by atoms with van der Waals surface area (Å²) in [5.41, 5.74) is 8.45. The Balaban J connectivity index is 2.60. The van der Waals surface area contributed by atoms with Gasteiger partial charge in [-0.15, -0.1) is 11.3 Å². The zero-order valence-corrected chi connectivity index (χ0v) is 15.8. The Morgan fingerprint density at radius 3 is 2.15 bits per heavy atom. The highest BCUT2D eigenvalue weighted by Gasteiger charge is 2.20. The van der Waals surface area contributed by atoms with Crippen molar-refractivity contribution < 1.29 is 0 Å². The van der Waals surface area contributed by atoms with Crippen molar-refractivity contribution in [2.45, 2.75) is 40.7 Å². The molecule has 0 bridgehead atoms. The second kappa shape index (κ2) is 6.58. The van der Waals surface area contributed by atoms with Gasteiger partial charge in [0.15, 0.2) is 0 Å². The molecule has 20 heavy (non-hydrogen) atoms. The fraction of sp³-hybridized carbons (Fsp3) is 0.412. The third kappa shape index (κ3) is 3.10.